The lowest BCUT2D eigenvalue weighted by atomic mass is 10.1. The quantitative estimate of drug-likeness (QED) is 0.594. The number of aryl methyl sites for hydroxylation is 1. The maximum absolute atomic E-state index is 14.0. The lowest BCUT2D eigenvalue weighted by Gasteiger charge is -2.21. The molecule has 0 aliphatic heterocycles. The third kappa shape index (κ3) is 3.53. The summed E-state index contributed by atoms with van der Waals surface area (Å²) in [6.45, 7) is 6.18. The third-order valence-corrected chi connectivity index (χ3v) is 3.13. The monoisotopic (exact) mass is 282 g/mol. The van der Waals surface area contributed by atoms with Gasteiger partial charge in [0.1, 0.15) is 5.82 Å². The number of carbonyl (C=O) groups excluding carboxylic acids is 1. The van der Waals surface area contributed by atoms with E-state index >= 15 is 0 Å². The van der Waals surface area contributed by atoms with Crippen molar-refractivity contribution in [3.05, 3.63) is 39.2 Å². The Morgan fingerprint density at radius 1 is 1.40 bits per heavy atom. The van der Waals surface area contributed by atoms with Crippen molar-refractivity contribution < 1.29 is 14.1 Å². The van der Waals surface area contributed by atoms with Gasteiger partial charge in [-0.25, -0.2) is 4.39 Å². The van der Waals surface area contributed by atoms with Gasteiger partial charge in [-0.15, -0.1) is 0 Å². The minimum absolute atomic E-state index is 0.106. The van der Waals surface area contributed by atoms with Gasteiger partial charge in [-0.1, -0.05) is 13.3 Å². The number of nitrogens with zero attached hydrogens (tertiary/aromatic N) is 2. The molecule has 0 aromatic heterocycles. The molecule has 1 amide bonds. The van der Waals surface area contributed by atoms with E-state index in [1.807, 2.05) is 6.92 Å². The maximum Gasteiger partial charge on any atom is 0.270 e. The van der Waals surface area contributed by atoms with E-state index in [2.05, 4.69) is 0 Å². The first-order valence-corrected chi connectivity index (χ1v) is 6.66. The van der Waals surface area contributed by atoms with Crippen LogP contribution in [-0.4, -0.2) is 28.8 Å². The van der Waals surface area contributed by atoms with Gasteiger partial charge in [-0.2, -0.15) is 0 Å². The van der Waals surface area contributed by atoms with E-state index in [0.29, 0.717) is 13.1 Å². The van der Waals surface area contributed by atoms with Crippen molar-refractivity contribution >= 4 is 11.6 Å². The van der Waals surface area contributed by atoms with Crippen molar-refractivity contribution in [2.24, 2.45) is 0 Å². The number of hydrogen-bond acceptors (Lipinski definition) is 3. The van der Waals surface area contributed by atoms with Crippen LogP contribution < -0.4 is 0 Å². The highest BCUT2D eigenvalue weighted by molar-refractivity contribution is 5.95. The number of nitro groups is 1. The Balaban J connectivity index is 3.16. The van der Waals surface area contributed by atoms with Gasteiger partial charge >= 0.3 is 0 Å². The second kappa shape index (κ2) is 6.98. The molecule has 0 atom stereocenters. The molecule has 0 saturated carbocycles. The minimum atomic E-state index is -0.685. The number of carbonyl (C=O) groups is 1. The van der Waals surface area contributed by atoms with Gasteiger partial charge in [-0.3, -0.25) is 14.9 Å². The van der Waals surface area contributed by atoms with Crippen LogP contribution in [0.5, 0.6) is 0 Å². The van der Waals surface area contributed by atoms with Gasteiger partial charge < -0.3 is 4.90 Å². The molecule has 6 heteroatoms. The highest BCUT2D eigenvalue weighted by atomic mass is 19.1. The first kappa shape index (κ1) is 16.1. The van der Waals surface area contributed by atoms with Crippen LogP contribution in [0.15, 0.2) is 12.1 Å². The third-order valence-electron chi connectivity index (χ3n) is 3.13. The summed E-state index contributed by atoms with van der Waals surface area (Å²) in [5.41, 5.74) is -0.387. The molecule has 0 N–H and O–H groups in total. The summed E-state index contributed by atoms with van der Waals surface area (Å²) >= 11 is 0. The Morgan fingerprint density at radius 2 is 2.05 bits per heavy atom. The van der Waals surface area contributed by atoms with Crippen molar-refractivity contribution in [3.8, 4) is 0 Å². The van der Waals surface area contributed by atoms with E-state index in [4.69, 9.17) is 0 Å². The summed E-state index contributed by atoms with van der Waals surface area (Å²) in [4.78, 5) is 24.0. The molecule has 0 unspecified atom stereocenters. The normalized spacial score (nSPS) is 10.4. The van der Waals surface area contributed by atoms with E-state index in [9.17, 15) is 19.3 Å². The first-order valence-electron chi connectivity index (χ1n) is 6.66. The molecular weight excluding hydrogens is 263 g/mol. The maximum atomic E-state index is 14.0. The van der Waals surface area contributed by atoms with Crippen molar-refractivity contribution in [2.75, 3.05) is 13.1 Å². The lowest BCUT2D eigenvalue weighted by molar-refractivity contribution is -0.385. The summed E-state index contributed by atoms with van der Waals surface area (Å²) in [5.74, 6) is -1.18. The number of benzene rings is 1. The second-order valence-electron chi connectivity index (χ2n) is 4.62. The van der Waals surface area contributed by atoms with Crippen LogP contribution in [0, 0.1) is 22.9 Å². The zero-order chi connectivity index (χ0) is 15.3. The first-order chi connectivity index (χ1) is 9.42. The van der Waals surface area contributed by atoms with Crippen LogP contribution in [0.3, 0.4) is 0 Å². The number of non-ortho nitro benzene ring substituents is 1. The number of hydrogen-bond donors (Lipinski definition) is 0. The van der Waals surface area contributed by atoms with Gasteiger partial charge in [0.15, 0.2) is 0 Å². The van der Waals surface area contributed by atoms with Crippen LogP contribution in [-0.2, 0) is 0 Å². The number of rotatable bonds is 6. The summed E-state index contributed by atoms with van der Waals surface area (Å²) in [7, 11) is 0. The van der Waals surface area contributed by atoms with Gasteiger partial charge in [0.05, 0.1) is 10.5 Å². The van der Waals surface area contributed by atoms with Crippen LogP contribution in [0.1, 0.15) is 42.6 Å². The van der Waals surface area contributed by atoms with Gasteiger partial charge in [0.25, 0.3) is 11.6 Å². The fourth-order valence-electron chi connectivity index (χ4n) is 1.93. The number of halogens is 1. The van der Waals surface area contributed by atoms with Crippen molar-refractivity contribution in [3.63, 3.8) is 0 Å². The number of unbranched alkanes of at least 4 members (excludes halogenated alkanes) is 1. The number of nitro benzene ring substituents is 1. The van der Waals surface area contributed by atoms with E-state index < -0.39 is 16.6 Å². The molecule has 0 saturated heterocycles. The number of amides is 1. The highest BCUT2D eigenvalue weighted by Gasteiger charge is 2.22. The molecule has 1 rings (SSSR count). The second-order valence-corrected chi connectivity index (χ2v) is 4.62. The molecule has 0 heterocycles. The lowest BCUT2D eigenvalue weighted by Crippen LogP contribution is -2.32. The molecule has 110 valence electrons. The van der Waals surface area contributed by atoms with Crippen molar-refractivity contribution in [1.29, 1.82) is 0 Å². The molecule has 20 heavy (non-hydrogen) atoms. The van der Waals surface area contributed by atoms with E-state index in [1.165, 1.54) is 11.8 Å². The highest BCUT2D eigenvalue weighted by Crippen LogP contribution is 2.22. The largest absolute Gasteiger partial charge is 0.339 e. The summed E-state index contributed by atoms with van der Waals surface area (Å²) in [6.07, 6.45) is 1.73. The molecular formula is C14H19FN2O3. The standard InChI is InChI=1S/C14H19FN2O3/c1-4-6-7-16(5-2)14(18)12-9-11(17(19)20)8-10(3)13(12)15/h8-9H,4-7H2,1-3H3. The van der Waals surface area contributed by atoms with Crippen LogP contribution in [0.25, 0.3) is 0 Å². The van der Waals surface area contributed by atoms with Crippen molar-refractivity contribution in [1.82, 2.24) is 4.90 Å². The molecule has 1 aromatic carbocycles. The summed E-state index contributed by atoms with van der Waals surface area (Å²) in [6, 6.07) is 2.15. The Kier molecular flexibility index (Phi) is 5.61. The Morgan fingerprint density at radius 3 is 2.55 bits per heavy atom. The molecule has 0 fully saturated rings. The summed E-state index contributed by atoms with van der Waals surface area (Å²) < 4.78 is 14.0. The molecule has 0 radical (unpaired) electrons. The fraction of sp³-hybridized carbons (Fsp3) is 0.500. The zero-order valence-corrected chi connectivity index (χ0v) is 12.0. The average Bonchev–Trinajstić information content (AvgIpc) is 2.42. The van der Waals surface area contributed by atoms with Crippen molar-refractivity contribution in [2.45, 2.75) is 33.6 Å². The Labute approximate surface area is 117 Å². The van der Waals surface area contributed by atoms with E-state index in [-0.39, 0.29) is 16.8 Å². The van der Waals surface area contributed by atoms with Crippen LogP contribution in [0.4, 0.5) is 10.1 Å². The van der Waals surface area contributed by atoms with Gasteiger partial charge in [-0.05, 0) is 25.8 Å². The summed E-state index contributed by atoms with van der Waals surface area (Å²) in [5, 5.41) is 10.8. The predicted molar refractivity (Wildman–Crippen MR) is 74.3 cm³/mol. The van der Waals surface area contributed by atoms with Crippen LogP contribution in [0.2, 0.25) is 0 Å². The SMILES string of the molecule is CCCCN(CC)C(=O)c1cc([N+](=O)[O-])cc(C)c1F. The molecule has 1 aromatic rings. The van der Waals surface area contributed by atoms with Gasteiger partial charge in [0.2, 0.25) is 0 Å². The van der Waals surface area contributed by atoms with Crippen LogP contribution >= 0.6 is 0 Å². The van der Waals surface area contributed by atoms with E-state index in [1.54, 1.807) is 6.92 Å². The fourth-order valence-corrected chi connectivity index (χ4v) is 1.93. The smallest absolute Gasteiger partial charge is 0.270 e. The van der Waals surface area contributed by atoms with Gasteiger partial charge in [0, 0.05) is 25.2 Å². The Hall–Kier alpha value is -1.98. The molecule has 0 bridgehead atoms. The predicted octanol–water partition coefficient (Wildman–Crippen LogP) is 3.30. The Bertz CT molecular complexity index is 517. The molecule has 0 spiro atoms. The van der Waals surface area contributed by atoms with E-state index in [0.717, 1.165) is 25.0 Å². The molecule has 0 aliphatic rings. The average molecular weight is 282 g/mol. The minimum Gasteiger partial charge on any atom is -0.339 e. The molecule has 5 nitrogen and oxygen atoms in total. The zero-order valence-electron chi connectivity index (χ0n) is 12.0. The topological polar surface area (TPSA) is 63.5 Å². The molecule has 0 aliphatic carbocycles.